The Kier molecular flexibility index (Phi) is 6.11. The molecule has 0 saturated carbocycles. The zero-order valence-corrected chi connectivity index (χ0v) is 12.9. The number of hydrogen-bond donors (Lipinski definition) is 2. The summed E-state index contributed by atoms with van der Waals surface area (Å²) in [5.41, 5.74) is 0.270. The molecule has 1 unspecified atom stereocenters. The van der Waals surface area contributed by atoms with Crippen LogP contribution in [0.3, 0.4) is 0 Å². The second-order valence-corrected chi connectivity index (χ2v) is 5.87. The summed E-state index contributed by atoms with van der Waals surface area (Å²) in [6.07, 6.45) is 1.10. The SMILES string of the molecule is CCCNC(C)c1ccc(OCC(C)(C)O)c(Cl)c1. The van der Waals surface area contributed by atoms with Crippen LogP contribution in [0.15, 0.2) is 18.2 Å². The van der Waals surface area contributed by atoms with Gasteiger partial charge < -0.3 is 15.2 Å². The molecule has 0 heterocycles. The van der Waals surface area contributed by atoms with Gasteiger partial charge in [0.2, 0.25) is 0 Å². The maximum absolute atomic E-state index is 9.63. The van der Waals surface area contributed by atoms with E-state index in [4.69, 9.17) is 16.3 Å². The third-order valence-electron chi connectivity index (χ3n) is 2.74. The molecule has 1 rings (SSSR count). The van der Waals surface area contributed by atoms with Gasteiger partial charge in [0.25, 0.3) is 0 Å². The van der Waals surface area contributed by atoms with Crippen molar-refractivity contribution in [1.29, 1.82) is 0 Å². The first-order valence-corrected chi connectivity index (χ1v) is 7.09. The van der Waals surface area contributed by atoms with Crippen molar-refractivity contribution in [3.63, 3.8) is 0 Å². The molecule has 1 atom stereocenters. The summed E-state index contributed by atoms with van der Waals surface area (Å²) >= 11 is 6.20. The first-order chi connectivity index (χ1) is 8.83. The van der Waals surface area contributed by atoms with Gasteiger partial charge in [-0.2, -0.15) is 0 Å². The lowest BCUT2D eigenvalue weighted by Gasteiger charge is -2.19. The minimum Gasteiger partial charge on any atom is -0.489 e. The van der Waals surface area contributed by atoms with Crippen molar-refractivity contribution in [2.75, 3.05) is 13.2 Å². The molecule has 108 valence electrons. The van der Waals surface area contributed by atoms with Crippen LogP contribution in [0.2, 0.25) is 5.02 Å². The summed E-state index contributed by atoms with van der Waals surface area (Å²) in [6, 6.07) is 6.03. The largest absolute Gasteiger partial charge is 0.489 e. The van der Waals surface area contributed by atoms with Gasteiger partial charge >= 0.3 is 0 Å². The van der Waals surface area contributed by atoms with Crippen LogP contribution in [0.1, 0.15) is 45.7 Å². The van der Waals surface area contributed by atoms with Crippen molar-refractivity contribution in [2.45, 2.75) is 45.8 Å². The van der Waals surface area contributed by atoms with Crippen molar-refractivity contribution in [3.8, 4) is 5.75 Å². The Hall–Kier alpha value is -0.770. The fourth-order valence-electron chi connectivity index (χ4n) is 1.64. The zero-order valence-electron chi connectivity index (χ0n) is 12.2. The number of benzene rings is 1. The van der Waals surface area contributed by atoms with Gasteiger partial charge in [-0.15, -0.1) is 0 Å². The minimum absolute atomic E-state index is 0.218. The van der Waals surface area contributed by atoms with Crippen molar-refractivity contribution < 1.29 is 9.84 Å². The average Bonchev–Trinajstić information content (AvgIpc) is 2.33. The maximum atomic E-state index is 9.63. The Morgan fingerprint density at radius 2 is 2.11 bits per heavy atom. The molecule has 0 saturated heterocycles. The van der Waals surface area contributed by atoms with Crippen LogP contribution in [0, 0.1) is 0 Å². The number of aliphatic hydroxyl groups is 1. The number of hydrogen-bond acceptors (Lipinski definition) is 3. The van der Waals surface area contributed by atoms with Crippen molar-refractivity contribution >= 4 is 11.6 Å². The lowest BCUT2D eigenvalue weighted by molar-refractivity contribution is 0.0285. The van der Waals surface area contributed by atoms with Crippen LogP contribution in [-0.2, 0) is 0 Å². The molecule has 19 heavy (non-hydrogen) atoms. The summed E-state index contributed by atoms with van der Waals surface area (Å²) in [7, 11) is 0. The third-order valence-corrected chi connectivity index (χ3v) is 3.03. The molecule has 2 N–H and O–H groups in total. The van der Waals surface area contributed by atoms with Gasteiger partial charge in [-0.1, -0.05) is 24.6 Å². The van der Waals surface area contributed by atoms with Crippen LogP contribution >= 0.6 is 11.6 Å². The van der Waals surface area contributed by atoms with Crippen LogP contribution < -0.4 is 10.1 Å². The Bertz CT molecular complexity index is 402. The predicted octanol–water partition coefficient (Wildman–Crippen LogP) is 3.55. The van der Waals surface area contributed by atoms with Crippen LogP contribution in [0.4, 0.5) is 0 Å². The predicted molar refractivity (Wildman–Crippen MR) is 80.0 cm³/mol. The summed E-state index contributed by atoms with van der Waals surface area (Å²) < 4.78 is 5.51. The Morgan fingerprint density at radius 1 is 1.42 bits per heavy atom. The van der Waals surface area contributed by atoms with Crippen LogP contribution in [0.5, 0.6) is 5.75 Å². The van der Waals surface area contributed by atoms with E-state index >= 15 is 0 Å². The molecule has 0 amide bonds. The van der Waals surface area contributed by atoms with E-state index in [2.05, 4.69) is 19.2 Å². The zero-order chi connectivity index (χ0) is 14.5. The fourth-order valence-corrected chi connectivity index (χ4v) is 1.88. The van der Waals surface area contributed by atoms with E-state index in [1.807, 2.05) is 18.2 Å². The van der Waals surface area contributed by atoms with Gasteiger partial charge in [0.15, 0.2) is 0 Å². The topological polar surface area (TPSA) is 41.5 Å². The van der Waals surface area contributed by atoms with Crippen LogP contribution in [0.25, 0.3) is 0 Å². The van der Waals surface area contributed by atoms with Gasteiger partial charge in [0, 0.05) is 6.04 Å². The first-order valence-electron chi connectivity index (χ1n) is 6.71. The number of nitrogens with one attached hydrogen (secondary N) is 1. The highest BCUT2D eigenvalue weighted by Crippen LogP contribution is 2.28. The molecule has 1 aromatic rings. The van der Waals surface area contributed by atoms with E-state index in [1.54, 1.807) is 13.8 Å². The van der Waals surface area contributed by atoms with E-state index in [-0.39, 0.29) is 12.6 Å². The first kappa shape index (κ1) is 16.3. The van der Waals surface area contributed by atoms with Crippen LogP contribution in [-0.4, -0.2) is 23.9 Å². The highest BCUT2D eigenvalue weighted by molar-refractivity contribution is 6.32. The summed E-state index contributed by atoms with van der Waals surface area (Å²) in [4.78, 5) is 0. The second kappa shape index (κ2) is 7.13. The molecule has 0 bridgehead atoms. The number of rotatable bonds is 7. The normalized spacial score (nSPS) is 13.4. The quantitative estimate of drug-likeness (QED) is 0.805. The summed E-state index contributed by atoms with van der Waals surface area (Å²) in [5, 5.41) is 13.6. The molecular weight excluding hydrogens is 262 g/mol. The van der Waals surface area contributed by atoms with Crippen molar-refractivity contribution in [1.82, 2.24) is 5.32 Å². The van der Waals surface area contributed by atoms with E-state index in [0.717, 1.165) is 18.5 Å². The molecule has 0 aliphatic carbocycles. The molecule has 0 aliphatic rings. The van der Waals surface area contributed by atoms with Crippen molar-refractivity contribution in [3.05, 3.63) is 28.8 Å². The molecule has 1 aromatic carbocycles. The molecule has 3 nitrogen and oxygen atoms in total. The smallest absolute Gasteiger partial charge is 0.138 e. The average molecular weight is 286 g/mol. The molecule has 0 spiro atoms. The lowest BCUT2D eigenvalue weighted by Crippen LogP contribution is -2.28. The van der Waals surface area contributed by atoms with Gasteiger partial charge in [0.05, 0.1) is 10.6 Å². The number of halogens is 1. The fraction of sp³-hybridized carbons (Fsp3) is 0.600. The molecule has 0 radical (unpaired) electrons. The number of ether oxygens (including phenoxy) is 1. The molecule has 0 aliphatic heterocycles. The highest BCUT2D eigenvalue weighted by atomic mass is 35.5. The van der Waals surface area contributed by atoms with Gasteiger partial charge in [-0.05, 0) is 51.4 Å². The Balaban J connectivity index is 2.69. The van der Waals surface area contributed by atoms with E-state index < -0.39 is 5.60 Å². The van der Waals surface area contributed by atoms with E-state index in [0.29, 0.717) is 10.8 Å². The van der Waals surface area contributed by atoms with Crippen molar-refractivity contribution in [2.24, 2.45) is 0 Å². The lowest BCUT2D eigenvalue weighted by atomic mass is 10.1. The van der Waals surface area contributed by atoms with E-state index in [9.17, 15) is 5.11 Å². The maximum Gasteiger partial charge on any atom is 0.138 e. The Labute approximate surface area is 120 Å². The highest BCUT2D eigenvalue weighted by Gasteiger charge is 2.15. The van der Waals surface area contributed by atoms with E-state index in [1.165, 1.54) is 0 Å². The molecular formula is C15H24ClNO2. The third kappa shape index (κ3) is 5.81. The Morgan fingerprint density at radius 3 is 2.63 bits per heavy atom. The van der Waals surface area contributed by atoms with Gasteiger partial charge in [0.1, 0.15) is 12.4 Å². The summed E-state index contributed by atoms with van der Waals surface area (Å²) in [5.74, 6) is 0.607. The van der Waals surface area contributed by atoms with Gasteiger partial charge in [-0.25, -0.2) is 0 Å². The molecule has 4 heteroatoms. The second-order valence-electron chi connectivity index (χ2n) is 5.47. The standard InChI is InChI=1S/C15H24ClNO2/c1-5-8-17-11(2)12-6-7-14(13(16)9-12)19-10-15(3,4)18/h6-7,9,11,17-18H,5,8,10H2,1-4H3. The molecule has 0 aromatic heterocycles. The van der Waals surface area contributed by atoms with Gasteiger partial charge in [-0.3, -0.25) is 0 Å². The summed E-state index contributed by atoms with van der Waals surface area (Å²) in [6.45, 7) is 8.85. The minimum atomic E-state index is -0.863. The monoisotopic (exact) mass is 285 g/mol. The molecule has 0 fully saturated rings.